The lowest BCUT2D eigenvalue weighted by atomic mass is 11.0. The van der Waals surface area contributed by atoms with Crippen molar-refractivity contribution >= 4 is 5.96 Å². The lowest BCUT2D eigenvalue weighted by molar-refractivity contribution is -0.827. The average Bonchev–Trinajstić information content (AvgIpc) is 1.91. The summed E-state index contributed by atoms with van der Waals surface area (Å²) < 4.78 is 0. The number of nitrogens with zero attached hydrogens (tertiary/aromatic N) is 2. The van der Waals surface area contributed by atoms with Crippen molar-refractivity contribution in [2.45, 2.75) is 0 Å². The van der Waals surface area contributed by atoms with Crippen molar-refractivity contribution in [3.63, 3.8) is 0 Å². The van der Waals surface area contributed by atoms with Crippen LogP contribution in [0.3, 0.4) is 0 Å². The number of quaternary nitrogens is 1. The van der Waals surface area contributed by atoms with Crippen LogP contribution in [-0.2, 0) is 0 Å². The highest BCUT2D eigenvalue weighted by Gasteiger charge is 2.14. The minimum absolute atomic E-state index is 0.0694. The molecule has 1 rings (SSSR count). The van der Waals surface area contributed by atoms with Crippen LogP contribution in [-0.4, -0.2) is 5.96 Å². The zero-order valence-electron chi connectivity index (χ0n) is 3.47. The molecular weight excluding hydrogens is 96.1 g/mol. The molecule has 1 aliphatic rings. The van der Waals surface area contributed by atoms with Crippen LogP contribution in [0, 0.1) is 5.41 Å². The van der Waals surface area contributed by atoms with Gasteiger partial charge in [0.2, 0.25) is 0 Å². The fraction of sp³-hybridized carbons (Fsp3) is 0. The van der Waals surface area contributed by atoms with E-state index in [1.54, 1.807) is 0 Å². The standard InChI is InChI=1S/CH4N6/c2-1-4-5-6-7(1)3/h3H2,(H2,2,4,6)/p+1. The predicted octanol–water partition coefficient (Wildman–Crippen LogP) is -2.43. The van der Waals surface area contributed by atoms with Crippen LogP contribution < -0.4 is 16.4 Å². The first kappa shape index (κ1) is 4.16. The minimum Gasteiger partial charge on any atom is -0.228 e. The van der Waals surface area contributed by atoms with E-state index in [1.165, 1.54) is 0 Å². The normalized spacial score (nSPS) is 28.1. The van der Waals surface area contributed by atoms with Crippen molar-refractivity contribution in [3.8, 4) is 0 Å². The lowest BCUT2D eigenvalue weighted by Gasteiger charge is -1.88. The number of rotatable bonds is 0. The van der Waals surface area contributed by atoms with Gasteiger partial charge in [0.15, 0.2) is 0 Å². The van der Waals surface area contributed by atoms with Gasteiger partial charge >= 0.3 is 5.96 Å². The maximum atomic E-state index is 6.79. The molecule has 0 aromatic heterocycles. The molecule has 38 valence electrons. The van der Waals surface area contributed by atoms with E-state index in [0.29, 0.717) is 0 Å². The Kier molecular flexibility index (Phi) is 0.739. The molecule has 6 nitrogen and oxygen atoms in total. The third-order valence-electron chi connectivity index (χ3n) is 0.576. The largest absolute Gasteiger partial charge is 0.364 e. The van der Waals surface area contributed by atoms with Crippen LogP contribution in [0.4, 0.5) is 0 Å². The summed E-state index contributed by atoms with van der Waals surface area (Å²) >= 11 is 0. The topological polar surface area (TPSA) is 91.1 Å². The van der Waals surface area contributed by atoms with E-state index in [9.17, 15) is 0 Å². The van der Waals surface area contributed by atoms with E-state index < -0.39 is 0 Å². The first-order valence-corrected chi connectivity index (χ1v) is 1.69. The van der Waals surface area contributed by atoms with Crippen LogP contribution in [0.2, 0.25) is 0 Å². The molecular formula is CH5N6+. The van der Waals surface area contributed by atoms with Gasteiger partial charge in [-0.2, -0.15) is 5.43 Å². The van der Waals surface area contributed by atoms with E-state index in [-0.39, 0.29) is 11.1 Å². The second-order valence-electron chi connectivity index (χ2n) is 1.07. The molecule has 0 spiro atoms. The first-order valence-electron chi connectivity index (χ1n) is 1.69. The molecule has 0 saturated carbocycles. The zero-order valence-corrected chi connectivity index (χ0v) is 3.47. The smallest absolute Gasteiger partial charge is 0.228 e. The highest BCUT2D eigenvalue weighted by Crippen LogP contribution is 1.61. The van der Waals surface area contributed by atoms with Crippen LogP contribution in [0.15, 0.2) is 10.4 Å². The van der Waals surface area contributed by atoms with Crippen molar-refractivity contribution in [2.75, 3.05) is 0 Å². The third-order valence-corrected chi connectivity index (χ3v) is 0.576. The number of nitrogens with one attached hydrogen (secondary N) is 3. The highest BCUT2D eigenvalue weighted by atomic mass is 15.8. The third kappa shape index (κ3) is 0.552. The molecule has 6 heteroatoms. The first-order chi connectivity index (χ1) is 3.30. The summed E-state index contributed by atoms with van der Waals surface area (Å²) in [4.78, 5) is 0. The summed E-state index contributed by atoms with van der Waals surface area (Å²) in [6, 6.07) is 0. The van der Waals surface area contributed by atoms with Crippen molar-refractivity contribution in [1.29, 1.82) is 5.41 Å². The van der Waals surface area contributed by atoms with E-state index in [2.05, 4.69) is 15.9 Å². The molecule has 1 aliphatic heterocycles. The van der Waals surface area contributed by atoms with Gasteiger partial charge in [0, 0.05) is 0 Å². The number of hydrogen-bond donors (Lipinski definition) is 4. The Hall–Kier alpha value is -1.01. The molecule has 0 fully saturated rings. The van der Waals surface area contributed by atoms with Gasteiger partial charge in [0.1, 0.15) is 0 Å². The molecule has 5 N–H and O–H groups in total. The highest BCUT2D eigenvalue weighted by molar-refractivity contribution is 5.66. The molecule has 0 radical (unpaired) electrons. The predicted molar refractivity (Wildman–Crippen MR) is 20.9 cm³/mol. The summed E-state index contributed by atoms with van der Waals surface area (Å²) in [6.45, 7) is 0. The zero-order chi connectivity index (χ0) is 5.28. The molecule has 0 saturated heterocycles. The van der Waals surface area contributed by atoms with Gasteiger partial charge in [-0.15, -0.1) is 5.84 Å². The van der Waals surface area contributed by atoms with E-state index >= 15 is 0 Å². The lowest BCUT2D eigenvalue weighted by Crippen LogP contribution is -3.15. The molecule has 1 unspecified atom stereocenters. The van der Waals surface area contributed by atoms with E-state index in [1.807, 2.05) is 0 Å². The van der Waals surface area contributed by atoms with Crippen molar-refractivity contribution < 1.29 is 5.12 Å². The number of hydrogen-bond acceptors (Lipinski definition) is 4. The van der Waals surface area contributed by atoms with Gasteiger partial charge in [0.25, 0.3) is 0 Å². The Morgan fingerprint density at radius 2 is 2.57 bits per heavy atom. The summed E-state index contributed by atoms with van der Waals surface area (Å²) in [5, 5.41) is 13.5. The fourth-order valence-corrected chi connectivity index (χ4v) is 0.236. The van der Waals surface area contributed by atoms with Gasteiger partial charge in [-0.3, -0.25) is 0 Å². The van der Waals surface area contributed by atoms with Crippen molar-refractivity contribution in [3.05, 3.63) is 0 Å². The second-order valence-corrected chi connectivity index (χ2v) is 1.07. The van der Waals surface area contributed by atoms with Crippen LogP contribution >= 0.6 is 0 Å². The Balaban J connectivity index is 2.62. The Morgan fingerprint density at radius 3 is 2.71 bits per heavy atom. The Labute approximate surface area is 39.4 Å². The molecule has 0 aromatic carbocycles. The van der Waals surface area contributed by atoms with Crippen molar-refractivity contribution in [2.24, 2.45) is 16.3 Å². The van der Waals surface area contributed by atoms with Gasteiger partial charge < -0.3 is 0 Å². The van der Waals surface area contributed by atoms with Gasteiger partial charge in [0.05, 0.1) is 5.22 Å². The molecule has 1 heterocycles. The average molecular weight is 101 g/mol. The fourth-order valence-electron chi connectivity index (χ4n) is 0.236. The van der Waals surface area contributed by atoms with E-state index in [0.717, 1.165) is 0 Å². The summed E-state index contributed by atoms with van der Waals surface area (Å²) in [6.07, 6.45) is 0. The van der Waals surface area contributed by atoms with Gasteiger partial charge in [-0.1, -0.05) is 5.12 Å². The van der Waals surface area contributed by atoms with E-state index in [4.69, 9.17) is 11.3 Å². The number of guanidine groups is 1. The minimum atomic E-state index is 0.0694. The maximum Gasteiger partial charge on any atom is 0.364 e. The molecule has 1 atom stereocenters. The monoisotopic (exact) mass is 101 g/mol. The van der Waals surface area contributed by atoms with Gasteiger partial charge in [-0.25, -0.2) is 5.41 Å². The molecule has 0 bridgehead atoms. The molecule has 0 aliphatic carbocycles. The SMILES string of the molecule is N=C1NN=N[NH+]1N. The summed E-state index contributed by atoms with van der Waals surface area (Å²) in [5.74, 6) is 5.12. The van der Waals surface area contributed by atoms with Crippen molar-refractivity contribution in [1.82, 2.24) is 5.43 Å². The number of nitrogens with two attached hydrogens (primary N) is 1. The van der Waals surface area contributed by atoms with Crippen LogP contribution in [0.5, 0.6) is 0 Å². The Bertz CT molecular complexity index is 113. The summed E-state index contributed by atoms with van der Waals surface area (Å²) in [5.41, 5.74) is 2.25. The second kappa shape index (κ2) is 1.24. The maximum absolute atomic E-state index is 6.79. The quantitative estimate of drug-likeness (QED) is 0.255. The molecule has 7 heavy (non-hydrogen) atoms. The van der Waals surface area contributed by atoms with Gasteiger partial charge in [-0.05, 0) is 5.22 Å². The van der Waals surface area contributed by atoms with Crippen LogP contribution in [0.1, 0.15) is 0 Å². The summed E-state index contributed by atoms with van der Waals surface area (Å²) in [7, 11) is 0. The Morgan fingerprint density at radius 1 is 1.86 bits per heavy atom. The molecule has 0 amide bonds. The van der Waals surface area contributed by atoms with Crippen LogP contribution in [0.25, 0.3) is 0 Å². The molecule has 0 aromatic rings.